The number of benzene rings is 1. The molecule has 0 N–H and O–H groups in total. The standard InChI is InChI=1S/C17H20N4O3S2/c1-13(22)21-6-4-14-12-15(2-3-16(14)21)26(23,24)20-9-7-19(8-10-20)17-18-5-11-25-17/h2-3,5,11-12H,4,6-10H2,1H3. The quantitative estimate of drug-likeness (QED) is 0.793. The van der Waals surface area contributed by atoms with Crippen molar-refractivity contribution in [2.24, 2.45) is 0 Å². The highest BCUT2D eigenvalue weighted by Crippen LogP contribution is 2.31. The number of piperazine rings is 1. The van der Waals surface area contributed by atoms with Crippen molar-refractivity contribution in [3.8, 4) is 0 Å². The van der Waals surface area contributed by atoms with Gasteiger partial charge in [-0.3, -0.25) is 4.79 Å². The number of hydrogen-bond acceptors (Lipinski definition) is 6. The lowest BCUT2D eigenvalue weighted by molar-refractivity contribution is -0.116. The molecule has 0 saturated carbocycles. The summed E-state index contributed by atoms with van der Waals surface area (Å²) in [5, 5.41) is 2.86. The summed E-state index contributed by atoms with van der Waals surface area (Å²) >= 11 is 1.57. The van der Waals surface area contributed by atoms with Crippen LogP contribution in [0.4, 0.5) is 10.8 Å². The maximum Gasteiger partial charge on any atom is 0.243 e. The Hall–Kier alpha value is -1.97. The van der Waals surface area contributed by atoms with Crippen LogP contribution in [0.5, 0.6) is 0 Å². The fourth-order valence-electron chi connectivity index (χ4n) is 3.51. The Balaban J connectivity index is 1.52. The number of anilines is 2. The number of amides is 1. The summed E-state index contributed by atoms with van der Waals surface area (Å²) < 4.78 is 27.6. The van der Waals surface area contributed by atoms with E-state index in [1.165, 1.54) is 11.2 Å². The molecule has 0 aliphatic carbocycles. The van der Waals surface area contributed by atoms with Gasteiger partial charge >= 0.3 is 0 Å². The van der Waals surface area contributed by atoms with Crippen LogP contribution in [0, 0.1) is 0 Å². The Labute approximate surface area is 156 Å². The predicted molar refractivity (Wildman–Crippen MR) is 101 cm³/mol. The zero-order chi connectivity index (χ0) is 18.3. The third-order valence-corrected chi connectivity index (χ3v) is 7.62. The molecule has 0 spiro atoms. The lowest BCUT2D eigenvalue weighted by atomic mass is 10.2. The molecule has 0 bridgehead atoms. The summed E-state index contributed by atoms with van der Waals surface area (Å²) in [4.78, 5) is 20.1. The van der Waals surface area contributed by atoms with Crippen LogP contribution < -0.4 is 9.80 Å². The molecule has 4 rings (SSSR count). The Morgan fingerprint density at radius 3 is 2.58 bits per heavy atom. The number of thiazole rings is 1. The SMILES string of the molecule is CC(=O)N1CCc2cc(S(=O)(=O)N3CCN(c4nccs4)CC3)ccc21. The van der Waals surface area contributed by atoms with Crippen molar-refractivity contribution in [1.82, 2.24) is 9.29 Å². The average Bonchev–Trinajstić information content (AvgIpc) is 3.31. The molecule has 1 aromatic carbocycles. The highest BCUT2D eigenvalue weighted by atomic mass is 32.2. The Bertz CT molecular complexity index is 919. The number of fused-ring (bicyclic) bond motifs is 1. The largest absolute Gasteiger partial charge is 0.345 e. The first-order chi connectivity index (χ1) is 12.5. The minimum atomic E-state index is -3.53. The van der Waals surface area contributed by atoms with Crippen LogP contribution in [0.25, 0.3) is 0 Å². The van der Waals surface area contributed by atoms with E-state index in [0.29, 0.717) is 44.0 Å². The third-order valence-electron chi connectivity index (χ3n) is 4.89. The van der Waals surface area contributed by atoms with E-state index in [-0.39, 0.29) is 5.91 Å². The Kier molecular flexibility index (Phi) is 4.45. The number of aromatic nitrogens is 1. The first-order valence-electron chi connectivity index (χ1n) is 8.52. The molecule has 1 saturated heterocycles. The van der Waals surface area contributed by atoms with E-state index in [0.717, 1.165) is 16.4 Å². The van der Waals surface area contributed by atoms with Crippen molar-refractivity contribution in [1.29, 1.82) is 0 Å². The first kappa shape index (κ1) is 17.4. The molecule has 0 radical (unpaired) electrons. The topological polar surface area (TPSA) is 73.8 Å². The monoisotopic (exact) mass is 392 g/mol. The predicted octanol–water partition coefficient (Wildman–Crippen LogP) is 1.56. The van der Waals surface area contributed by atoms with Gasteiger partial charge in [0.05, 0.1) is 4.90 Å². The molecule has 1 amide bonds. The summed E-state index contributed by atoms with van der Waals surface area (Å²) in [5.74, 6) is -0.0161. The minimum Gasteiger partial charge on any atom is -0.345 e. The molecule has 138 valence electrons. The van der Waals surface area contributed by atoms with Crippen LogP contribution in [0.1, 0.15) is 12.5 Å². The second-order valence-electron chi connectivity index (χ2n) is 6.42. The smallest absolute Gasteiger partial charge is 0.243 e. The molecule has 7 nitrogen and oxygen atoms in total. The van der Waals surface area contributed by atoms with E-state index in [1.54, 1.807) is 40.6 Å². The molecule has 2 aliphatic rings. The lowest BCUT2D eigenvalue weighted by Crippen LogP contribution is -2.48. The van der Waals surface area contributed by atoms with E-state index in [4.69, 9.17) is 0 Å². The van der Waals surface area contributed by atoms with Gasteiger partial charge in [-0.25, -0.2) is 13.4 Å². The van der Waals surface area contributed by atoms with Crippen LogP contribution in [-0.2, 0) is 21.2 Å². The van der Waals surface area contributed by atoms with Crippen molar-refractivity contribution >= 4 is 38.1 Å². The molecular weight excluding hydrogens is 372 g/mol. The molecule has 3 heterocycles. The maximum absolute atomic E-state index is 13.0. The first-order valence-corrected chi connectivity index (χ1v) is 10.8. The molecule has 2 aliphatic heterocycles. The summed E-state index contributed by atoms with van der Waals surface area (Å²) in [5.41, 5.74) is 1.74. The van der Waals surface area contributed by atoms with Crippen LogP contribution >= 0.6 is 11.3 Å². The van der Waals surface area contributed by atoms with Gasteiger partial charge in [0.1, 0.15) is 0 Å². The lowest BCUT2D eigenvalue weighted by Gasteiger charge is -2.33. The minimum absolute atomic E-state index is 0.0161. The van der Waals surface area contributed by atoms with Gasteiger partial charge in [-0.15, -0.1) is 11.3 Å². The summed E-state index contributed by atoms with van der Waals surface area (Å²) in [7, 11) is -3.53. The highest BCUT2D eigenvalue weighted by Gasteiger charge is 2.31. The van der Waals surface area contributed by atoms with Gasteiger partial charge < -0.3 is 9.80 Å². The average molecular weight is 393 g/mol. The fraction of sp³-hybridized carbons (Fsp3) is 0.412. The summed E-state index contributed by atoms with van der Waals surface area (Å²) in [6.45, 7) is 4.30. The molecule has 9 heteroatoms. The summed E-state index contributed by atoms with van der Waals surface area (Å²) in [6.07, 6.45) is 2.45. The normalized spacial score (nSPS) is 18.2. The number of carbonyl (C=O) groups excluding carboxylic acids is 1. The van der Waals surface area contributed by atoms with E-state index in [9.17, 15) is 13.2 Å². The number of carbonyl (C=O) groups is 1. The highest BCUT2D eigenvalue weighted by molar-refractivity contribution is 7.89. The van der Waals surface area contributed by atoms with Crippen LogP contribution in [0.2, 0.25) is 0 Å². The number of sulfonamides is 1. The Morgan fingerprint density at radius 2 is 1.92 bits per heavy atom. The van der Waals surface area contributed by atoms with Crippen molar-refractivity contribution < 1.29 is 13.2 Å². The van der Waals surface area contributed by atoms with E-state index >= 15 is 0 Å². The van der Waals surface area contributed by atoms with Gasteiger partial charge in [-0.1, -0.05) is 0 Å². The number of nitrogens with zero attached hydrogens (tertiary/aromatic N) is 4. The second kappa shape index (κ2) is 6.64. The van der Waals surface area contributed by atoms with E-state index in [2.05, 4.69) is 9.88 Å². The molecule has 26 heavy (non-hydrogen) atoms. The zero-order valence-electron chi connectivity index (χ0n) is 14.5. The van der Waals surface area contributed by atoms with E-state index < -0.39 is 10.0 Å². The van der Waals surface area contributed by atoms with Crippen LogP contribution in [0.3, 0.4) is 0 Å². The number of rotatable bonds is 3. The van der Waals surface area contributed by atoms with Gasteiger partial charge in [0.25, 0.3) is 0 Å². The molecule has 0 atom stereocenters. The van der Waals surface area contributed by atoms with Gasteiger partial charge in [0, 0.05) is 56.9 Å². The maximum atomic E-state index is 13.0. The number of hydrogen-bond donors (Lipinski definition) is 0. The van der Waals surface area contributed by atoms with Crippen LogP contribution in [-0.4, -0.2) is 56.3 Å². The second-order valence-corrected chi connectivity index (χ2v) is 9.23. The van der Waals surface area contributed by atoms with Crippen molar-refractivity contribution in [3.63, 3.8) is 0 Å². The molecule has 2 aromatic rings. The van der Waals surface area contributed by atoms with E-state index in [1.807, 2.05) is 5.38 Å². The van der Waals surface area contributed by atoms with Crippen molar-refractivity contribution in [2.45, 2.75) is 18.2 Å². The summed E-state index contributed by atoms with van der Waals surface area (Å²) in [6, 6.07) is 5.09. The van der Waals surface area contributed by atoms with Gasteiger partial charge in [-0.05, 0) is 30.2 Å². The molecular formula is C17H20N4O3S2. The third kappa shape index (κ3) is 3.00. The van der Waals surface area contributed by atoms with Gasteiger partial charge in [0.15, 0.2) is 5.13 Å². The fourth-order valence-corrected chi connectivity index (χ4v) is 5.68. The van der Waals surface area contributed by atoms with Crippen LogP contribution in [0.15, 0.2) is 34.7 Å². The van der Waals surface area contributed by atoms with Crippen molar-refractivity contribution in [3.05, 3.63) is 35.3 Å². The van der Waals surface area contributed by atoms with Gasteiger partial charge in [0.2, 0.25) is 15.9 Å². The zero-order valence-corrected chi connectivity index (χ0v) is 16.1. The van der Waals surface area contributed by atoms with Crippen molar-refractivity contribution in [2.75, 3.05) is 42.5 Å². The molecule has 1 fully saturated rings. The van der Waals surface area contributed by atoms with Gasteiger partial charge in [-0.2, -0.15) is 4.31 Å². The Morgan fingerprint density at radius 1 is 1.15 bits per heavy atom. The molecule has 1 aromatic heterocycles. The molecule has 0 unspecified atom stereocenters.